The van der Waals surface area contributed by atoms with Gasteiger partial charge in [0.2, 0.25) is 15.9 Å². The van der Waals surface area contributed by atoms with E-state index in [-0.39, 0.29) is 10.8 Å². The molecule has 1 heterocycles. The highest BCUT2D eigenvalue weighted by Crippen LogP contribution is 2.28. The molecule has 1 unspecified atom stereocenters. The summed E-state index contributed by atoms with van der Waals surface area (Å²) in [5.41, 5.74) is 0.898. The van der Waals surface area contributed by atoms with Crippen LogP contribution < -0.4 is 14.8 Å². The Labute approximate surface area is 141 Å². The van der Waals surface area contributed by atoms with E-state index in [0.29, 0.717) is 17.1 Å². The maximum atomic E-state index is 12.6. The van der Waals surface area contributed by atoms with Crippen molar-refractivity contribution in [2.24, 2.45) is 0 Å². The van der Waals surface area contributed by atoms with Gasteiger partial charge >= 0.3 is 0 Å². The second kappa shape index (κ2) is 7.41. The van der Waals surface area contributed by atoms with Crippen LogP contribution in [0.5, 0.6) is 5.75 Å². The standard InChI is InChI=1S/C16H19N3O4S/c1-11(14-6-4-5-9-17-14)19-24(21,22)13-7-8-16(23-3)15(10-13)18-12(2)20/h4-11,19H,1-3H3,(H,18,20). The van der Waals surface area contributed by atoms with Gasteiger partial charge in [-0.1, -0.05) is 6.07 Å². The van der Waals surface area contributed by atoms with Crippen LogP contribution in [0.15, 0.2) is 47.5 Å². The fraction of sp³-hybridized carbons (Fsp3) is 0.250. The molecule has 24 heavy (non-hydrogen) atoms. The Balaban J connectivity index is 2.30. The summed E-state index contributed by atoms with van der Waals surface area (Å²) in [6.07, 6.45) is 1.60. The number of nitrogens with zero attached hydrogens (tertiary/aromatic N) is 1. The van der Waals surface area contributed by atoms with Gasteiger partial charge in [0.15, 0.2) is 0 Å². The summed E-state index contributed by atoms with van der Waals surface area (Å²) in [4.78, 5) is 15.4. The third kappa shape index (κ3) is 4.30. The fourth-order valence-corrected chi connectivity index (χ4v) is 3.38. The van der Waals surface area contributed by atoms with Crippen molar-refractivity contribution in [3.05, 3.63) is 48.3 Å². The van der Waals surface area contributed by atoms with Crippen molar-refractivity contribution in [1.29, 1.82) is 0 Å². The highest BCUT2D eigenvalue weighted by Gasteiger charge is 2.20. The van der Waals surface area contributed by atoms with Crippen LogP contribution in [0.3, 0.4) is 0 Å². The number of aromatic nitrogens is 1. The Bertz CT molecular complexity index is 822. The molecule has 0 spiro atoms. The fourth-order valence-electron chi connectivity index (χ4n) is 2.13. The summed E-state index contributed by atoms with van der Waals surface area (Å²) in [6.45, 7) is 3.04. The van der Waals surface area contributed by atoms with Crippen molar-refractivity contribution in [3.8, 4) is 5.75 Å². The topological polar surface area (TPSA) is 97.4 Å². The lowest BCUT2D eigenvalue weighted by Gasteiger charge is -2.15. The van der Waals surface area contributed by atoms with Crippen LogP contribution in [0.1, 0.15) is 25.6 Å². The van der Waals surface area contributed by atoms with Gasteiger partial charge in [0.1, 0.15) is 5.75 Å². The summed E-state index contributed by atoms with van der Waals surface area (Å²) in [7, 11) is -2.35. The third-order valence-corrected chi connectivity index (χ3v) is 4.79. The summed E-state index contributed by atoms with van der Waals surface area (Å²) < 4.78 is 32.8. The van der Waals surface area contributed by atoms with E-state index in [0.717, 1.165) is 0 Å². The van der Waals surface area contributed by atoms with Crippen LogP contribution in [-0.4, -0.2) is 26.4 Å². The number of ether oxygens (including phenoxy) is 1. The second-order valence-corrected chi connectivity index (χ2v) is 6.85. The molecule has 0 aliphatic carbocycles. The van der Waals surface area contributed by atoms with Crippen LogP contribution in [-0.2, 0) is 14.8 Å². The number of benzene rings is 1. The number of amides is 1. The number of anilines is 1. The van der Waals surface area contributed by atoms with E-state index >= 15 is 0 Å². The van der Waals surface area contributed by atoms with E-state index in [2.05, 4.69) is 15.0 Å². The van der Waals surface area contributed by atoms with Crippen LogP contribution in [0.25, 0.3) is 0 Å². The van der Waals surface area contributed by atoms with E-state index in [9.17, 15) is 13.2 Å². The molecular formula is C16H19N3O4S. The van der Waals surface area contributed by atoms with E-state index in [1.807, 2.05) is 0 Å². The molecule has 7 nitrogen and oxygen atoms in total. The minimum absolute atomic E-state index is 0.0230. The van der Waals surface area contributed by atoms with Crippen LogP contribution in [0.2, 0.25) is 0 Å². The molecule has 0 saturated heterocycles. The Kier molecular flexibility index (Phi) is 5.53. The van der Waals surface area contributed by atoms with Crippen molar-refractivity contribution >= 4 is 21.6 Å². The Morgan fingerprint density at radius 3 is 2.58 bits per heavy atom. The zero-order chi connectivity index (χ0) is 17.7. The van der Waals surface area contributed by atoms with Crippen molar-refractivity contribution in [2.45, 2.75) is 24.8 Å². The minimum Gasteiger partial charge on any atom is -0.495 e. The van der Waals surface area contributed by atoms with Gasteiger partial charge in [-0.15, -0.1) is 0 Å². The predicted molar refractivity (Wildman–Crippen MR) is 90.3 cm³/mol. The molecule has 2 aromatic rings. The van der Waals surface area contributed by atoms with Crippen LogP contribution in [0.4, 0.5) is 5.69 Å². The average Bonchev–Trinajstić information content (AvgIpc) is 2.54. The highest BCUT2D eigenvalue weighted by atomic mass is 32.2. The van der Waals surface area contributed by atoms with E-state index in [1.54, 1.807) is 31.3 Å². The average molecular weight is 349 g/mol. The summed E-state index contributed by atoms with van der Waals surface area (Å²) in [6, 6.07) is 9.05. The van der Waals surface area contributed by atoms with E-state index in [4.69, 9.17) is 4.74 Å². The second-order valence-electron chi connectivity index (χ2n) is 5.14. The number of carbonyl (C=O) groups is 1. The largest absolute Gasteiger partial charge is 0.495 e. The van der Waals surface area contributed by atoms with Gasteiger partial charge in [-0.25, -0.2) is 13.1 Å². The highest BCUT2D eigenvalue weighted by molar-refractivity contribution is 7.89. The Hall–Kier alpha value is -2.45. The first-order valence-corrected chi connectivity index (χ1v) is 8.70. The zero-order valence-corrected chi connectivity index (χ0v) is 14.4. The van der Waals surface area contributed by atoms with Crippen molar-refractivity contribution in [2.75, 3.05) is 12.4 Å². The minimum atomic E-state index is -3.79. The molecule has 1 aromatic carbocycles. The molecule has 1 atom stereocenters. The number of carbonyl (C=O) groups excluding carboxylic acids is 1. The SMILES string of the molecule is COc1ccc(S(=O)(=O)NC(C)c2ccccn2)cc1NC(C)=O. The molecule has 1 amide bonds. The molecule has 0 fully saturated rings. The first kappa shape index (κ1) is 17.9. The summed E-state index contributed by atoms with van der Waals surface area (Å²) in [5.74, 6) is 0.0552. The lowest BCUT2D eigenvalue weighted by atomic mass is 10.2. The molecule has 0 radical (unpaired) electrons. The molecule has 0 saturated carbocycles. The van der Waals surface area contributed by atoms with Gasteiger partial charge in [-0.3, -0.25) is 9.78 Å². The van der Waals surface area contributed by atoms with Crippen molar-refractivity contribution in [1.82, 2.24) is 9.71 Å². The van der Waals surface area contributed by atoms with Crippen LogP contribution >= 0.6 is 0 Å². The lowest BCUT2D eigenvalue weighted by Crippen LogP contribution is -2.27. The number of nitrogens with one attached hydrogen (secondary N) is 2. The maximum Gasteiger partial charge on any atom is 0.241 e. The van der Waals surface area contributed by atoms with Gasteiger partial charge in [0.25, 0.3) is 0 Å². The Morgan fingerprint density at radius 1 is 1.25 bits per heavy atom. The number of methoxy groups -OCH3 is 1. The summed E-state index contributed by atoms with van der Waals surface area (Å²) >= 11 is 0. The molecular weight excluding hydrogens is 330 g/mol. The molecule has 1 aromatic heterocycles. The van der Waals surface area contributed by atoms with Gasteiger partial charge in [-0.05, 0) is 37.3 Å². The first-order valence-electron chi connectivity index (χ1n) is 7.22. The quantitative estimate of drug-likeness (QED) is 0.832. The Morgan fingerprint density at radius 2 is 2.00 bits per heavy atom. The molecule has 128 valence electrons. The molecule has 8 heteroatoms. The maximum absolute atomic E-state index is 12.6. The molecule has 2 N–H and O–H groups in total. The van der Waals surface area contributed by atoms with Crippen molar-refractivity contribution < 1.29 is 17.9 Å². The lowest BCUT2D eigenvalue weighted by molar-refractivity contribution is -0.114. The number of sulfonamides is 1. The number of pyridine rings is 1. The van der Waals surface area contributed by atoms with Gasteiger partial charge in [-0.2, -0.15) is 0 Å². The number of hydrogen-bond acceptors (Lipinski definition) is 5. The van der Waals surface area contributed by atoms with Crippen LogP contribution in [0, 0.1) is 0 Å². The smallest absolute Gasteiger partial charge is 0.241 e. The van der Waals surface area contributed by atoms with Gasteiger partial charge in [0.05, 0.1) is 29.4 Å². The number of rotatable bonds is 6. The summed E-state index contributed by atoms with van der Waals surface area (Å²) in [5, 5.41) is 2.55. The first-order chi connectivity index (χ1) is 11.3. The third-order valence-electron chi connectivity index (χ3n) is 3.26. The molecule has 2 rings (SSSR count). The monoisotopic (exact) mass is 349 g/mol. The van der Waals surface area contributed by atoms with Gasteiger partial charge < -0.3 is 10.1 Å². The zero-order valence-electron chi connectivity index (χ0n) is 13.6. The van der Waals surface area contributed by atoms with Gasteiger partial charge in [0, 0.05) is 13.1 Å². The molecule has 0 aliphatic rings. The molecule has 0 bridgehead atoms. The normalized spacial score (nSPS) is 12.5. The van der Waals surface area contributed by atoms with E-state index in [1.165, 1.54) is 32.2 Å². The number of hydrogen-bond donors (Lipinski definition) is 2. The van der Waals surface area contributed by atoms with E-state index < -0.39 is 16.1 Å². The predicted octanol–water partition coefficient (Wildman–Crippen LogP) is 2.09. The van der Waals surface area contributed by atoms with Crippen molar-refractivity contribution in [3.63, 3.8) is 0 Å². The molecule has 0 aliphatic heterocycles.